The van der Waals surface area contributed by atoms with Crippen molar-refractivity contribution in [3.8, 4) is 0 Å². The predicted octanol–water partition coefficient (Wildman–Crippen LogP) is 1.52. The number of rotatable bonds is 1. The number of anilines is 1. The summed E-state index contributed by atoms with van der Waals surface area (Å²) in [6.07, 6.45) is 1.14. The number of nitrogens with one attached hydrogen (secondary N) is 1. The molecule has 86 valence electrons. The van der Waals surface area contributed by atoms with Gasteiger partial charge in [-0.2, -0.15) is 0 Å². The Hall–Kier alpha value is -1.06. The Morgan fingerprint density at radius 3 is 3.12 bits per heavy atom. The third-order valence-corrected chi connectivity index (χ3v) is 3.43. The average molecular weight is 218 g/mol. The van der Waals surface area contributed by atoms with Crippen LogP contribution in [-0.4, -0.2) is 26.3 Å². The van der Waals surface area contributed by atoms with Crippen LogP contribution in [0.2, 0.25) is 0 Å². The van der Waals surface area contributed by atoms with Crippen LogP contribution in [0.3, 0.4) is 0 Å². The van der Waals surface area contributed by atoms with Crippen LogP contribution in [-0.2, 0) is 17.8 Å². The van der Waals surface area contributed by atoms with E-state index in [1.54, 1.807) is 0 Å². The molecule has 0 spiro atoms. The van der Waals surface area contributed by atoms with Crippen molar-refractivity contribution in [1.82, 2.24) is 5.32 Å². The minimum absolute atomic E-state index is 0.858. The molecule has 2 aliphatic heterocycles. The molecule has 0 saturated carbocycles. The number of benzene rings is 1. The fourth-order valence-corrected chi connectivity index (χ4v) is 2.60. The quantitative estimate of drug-likeness (QED) is 0.773. The standard InChI is InChI=1S/C13H18N2O/c1-3-11-9-14-10-12(11)13(4-1)15-5-2-7-16-8-6-15/h1,3-4,14H,2,5-10H2. The van der Waals surface area contributed by atoms with Crippen molar-refractivity contribution in [3.05, 3.63) is 29.3 Å². The lowest BCUT2D eigenvalue weighted by Gasteiger charge is -2.24. The highest BCUT2D eigenvalue weighted by molar-refractivity contribution is 5.58. The zero-order chi connectivity index (χ0) is 10.8. The number of fused-ring (bicyclic) bond motifs is 1. The smallest absolute Gasteiger partial charge is 0.0641 e. The fourth-order valence-electron chi connectivity index (χ4n) is 2.60. The third-order valence-electron chi connectivity index (χ3n) is 3.43. The molecular formula is C13H18N2O. The molecule has 1 aromatic rings. The van der Waals surface area contributed by atoms with Gasteiger partial charge in [-0.25, -0.2) is 0 Å². The minimum atomic E-state index is 0.858. The van der Waals surface area contributed by atoms with Crippen molar-refractivity contribution in [2.24, 2.45) is 0 Å². The Morgan fingerprint density at radius 2 is 2.12 bits per heavy atom. The summed E-state index contributed by atoms with van der Waals surface area (Å²) in [5.74, 6) is 0. The molecule has 0 bridgehead atoms. The molecule has 2 aliphatic rings. The highest BCUT2D eigenvalue weighted by atomic mass is 16.5. The largest absolute Gasteiger partial charge is 0.380 e. The second-order valence-corrected chi connectivity index (χ2v) is 4.47. The molecule has 1 saturated heterocycles. The van der Waals surface area contributed by atoms with Gasteiger partial charge in [0.2, 0.25) is 0 Å². The SMILES string of the molecule is c1cc2c(c(N3CCCOCC3)c1)CNC2. The molecule has 0 atom stereocenters. The number of hydrogen-bond acceptors (Lipinski definition) is 3. The predicted molar refractivity (Wildman–Crippen MR) is 64.6 cm³/mol. The van der Waals surface area contributed by atoms with E-state index in [1.165, 1.54) is 16.8 Å². The van der Waals surface area contributed by atoms with Crippen LogP contribution in [0.15, 0.2) is 18.2 Å². The van der Waals surface area contributed by atoms with Crippen molar-refractivity contribution >= 4 is 5.69 Å². The van der Waals surface area contributed by atoms with Gasteiger partial charge in [-0.15, -0.1) is 0 Å². The van der Waals surface area contributed by atoms with Crippen LogP contribution < -0.4 is 10.2 Å². The first-order valence-electron chi connectivity index (χ1n) is 6.09. The van der Waals surface area contributed by atoms with Crippen molar-refractivity contribution in [2.45, 2.75) is 19.5 Å². The molecule has 0 unspecified atom stereocenters. The van der Waals surface area contributed by atoms with Crippen molar-refractivity contribution in [3.63, 3.8) is 0 Å². The zero-order valence-electron chi connectivity index (χ0n) is 9.54. The maximum absolute atomic E-state index is 5.51. The maximum atomic E-state index is 5.51. The summed E-state index contributed by atoms with van der Waals surface area (Å²) in [5, 5.41) is 3.42. The topological polar surface area (TPSA) is 24.5 Å². The van der Waals surface area contributed by atoms with E-state index in [9.17, 15) is 0 Å². The summed E-state index contributed by atoms with van der Waals surface area (Å²) < 4.78 is 5.51. The van der Waals surface area contributed by atoms with Gasteiger partial charge in [0.1, 0.15) is 0 Å². The second kappa shape index (κ2) is 4.44. The summed E-state index contributed by atoms with van der Waals surface area (Å²) in [6, 6.07) is 6.65. The van der Waals surface area contributed by atoms with Gasteiger partial charge >= 0.3 is 0 Å². The first-order chi connectivity index (χ1) is 7.95. The molecule has 1 fully saturated rings. The fraction of sp³-hybridized carbons (Fsp3) is 0.538. The molecule has 3 rings (SSSR count). The maximum Gasteiger partial charge on any atom is 0.0641 e. The summed E-state index contributed by atoms with van der Waals surface area (Å²) in [5.41, 5.74) is 4.36. The molecule has 0 aliphatic carbocycles. The van der Waals surface area contributed by atoms with Crippen LogP contribution >= 0.6 is 0 Å². The molecule has 0 radical (unpaired) electrons. The molecular weight excluding hydrogens is 200 g/mol. The lowest BCUT2D eigenvalue weighted by atomic mass is 10.1. The van der Waals surface area contributed by atoms with Crippen molar-refractivity contribution in [1.29, 1.82) is 0 Å². The third kappa shape index (κ3) is 1.81. The van der Waals surface area contributed by atoms with Crippen molar-refractivity contribution < 1.29 is 4.74 Å². The monoisotopic (exact) mass is 218 g/mol. The van der Waals surface area contributed by atoms with Gasteiger partial charge in [0.05, 0.1) is 6.61 Å². The van der Waals surface area contributed by atoms with E-state index in [-0.39, 0.29) is 0 Å². The summed E-state index contributed by atoms with van der Waals surface area (Å²) in [6.45, 7) is 5.95. The Balaban J connectivity index is 1.90. The van der Waals surface area contributed by atoms with E-state index in [4.69, 9.17) is 4.74 Å². The number of hydrogen-bond donors (Lipinski definition) is 1. The highest BCUT2D eigenvalue weighted by Crippen LogP contribution is 2.27. The van der Waals surface area contributed by atoms with Gasteiger partial charge in [-0.1, -0.05) is 12.1 Å². The van der Waals surface area contributed by atoms with Crippen LogP contribution in [0.1, 0.15) is 17.5 Å². The second-order valence-electron chi connectivity index (χ2n) is 4.47. The van der Waals surface area contributed by atoms with E-state index in [0.29, 0.717) is 0 Å². The van der Waals surface area contributed by atoms with Gasteiger partial charge in [-0.3, -0.25) is 0 Å². The van der Waals surface area contributed by atoms with Gasteiger partial charge in [0.25, 0.3) is 0 Å². The van der Waals surface area contributed by atoms with Gasteiger partial charge < -0.3 is 15.0 Å². The van der Waals surface area contributed by atoms with E-state index in [1.807, 2.05) is 0 Å². The zero-order valence-corrected chi connectivity index (χ0v) is 9.54. The average Bonchev–Trinajstić information content (AvgIpc) is 2.63. The minimum Gasteiger partial charge on any atom is -0.380 e. The molecule has 3 nitrogen and oxygen atoms in total. The van der Waals surface area contributed by atoms with E-state index >= 15 is 0 Å². The highest BCUT2D eigenvalue weighted by Gasteiger charge is 2.18. The van der Waals surface area contributed by atoms with Crippen LogP contribution in [0, 0.1) is 0 Å². The van der Waals surface area contributed by atoms with Gasteiger partial charge in [0.15, 0.2) is 0 Å². The first kappa shape index (κ1) is 10.1. The molecule has 16 heavy (non-hydrogen) atoms. The molecule has 0 aromatic heterocycles. The first-order valence-corrected chi connectivity index (χ1v) is 6.09. The Kier molecular flexibility index (Phi) is 2.80. The van der Waals surface area contributed by atoms with Crippen LogP contribution in [0.5, 0.6) is 0 Å². The summed E-state index contributed by atoms with van der Waals surface area (Å²) in [4.78, 5) is 2.47. The Labute approximate surface area is 96.4 Å². The van der Waals surface area contributed by atoms with E-state index in [2.05, 4.69) is 28.4 Å². The molecule has 2 heterocycles. The molecule has 3 heteroatoms. The van der Waals surface area contributed by atoms with Gasteiger partial charge in [-0.05, 0) is 23.6 Å². The molecule has 1 N–H and O–H groups in total. The summed E-state index contributed by atoms with van der Waals surface area (Å²) in [7, 11) is 0. The number of ether oxygens (including phenoxy) is 1. The number of nitrogens with zero attached hydrogens (tertiary/aromatic N) is 1. The Morgan fingerprint density at radius 1 is 1.12 bits per heavy atom. The summed E-state index contributed by atoms with van der Waals surface area (Å²) >= 11 is 0. The lowest BCUT2D eigenvalue weighted by Crippen LogP contribution is -2.27. The normalized spacial score (nSPS) is 20.6. The molecule has 0 amide bonds. The lowest BCUT2D eigenvalue weighted by molar-refractivity contribution is 0.152. The Bertz CT molecular complexity index is 370. The van der Waals surface area contributed by atoms with E-state index in [0.717, 1.165) is 45.8 Å². The van der Waals surface area contributed by atoms with Crippen molar-refractivity contribution in [2.75, 3.05) is 31.2 Å². The van der Waals surface area contributed by atoms with Crippen LogP contribution in [0.4, 0.5) is 5.69 Å². The van der Waals surface area contributed by atoms with E-state index < -0.39 is 0 Å². The van der Waals surface area contributed by atoms with Crippen LogP contribution in [0.25, 0.3) is 0 Å². The molecule has 1 aromatic carbocycles. The van der Waals surface area contributed by atoms with Gasteiger partial charge in [0, 0.05) is 38.5 Å².